The van der Waals surface area contributed by atoms with E-state index < -0.39 is 6.61 Å². The van der Waals surface area contributed by atoms with Crippen LogP contribution in [0.25, 0.3) is 0 Å². The van der Waals surface area contributed by atoms with Crippen LogP contribution in [0, 0.1) is 5.92 Å². The maximum absolute atomic E-state index is 11.8. The van der Waals surface area contributed by atoms with Gasteiger partial charge < -0.3 is 10.5 Å². The van der Waals surface area contributed by atoms with Crippen LogP contribution < -0.4 is 5.73 Å². The van der Waals surface area contributed by atoms with Crippen LogP contribution >= 0.6 is 0 Å². The molecule has 1 aliphatic rings. The van der Waals surface area contributed by atoms with Gasteiger partial charge >= 0.3 is 6.61 Å². The highest BCUT2D eigenvalue weighted by Gasteiger charge is 2.23. The molecule has 78 valence electrons. The second-order valence-electron chi connectivity index (χ2n) is 3.62. The Morgan fingerprint density at radius 3 is 2.31 bits per heavy atom. The van der Waals surface area contributed by atoms with Crippen molar-refractivity contribution in [3.8, 4) is 0 Å². The number of hydrogen-bond acceptors (Lipinski definition) is 2. The second-order valence-corrected chi connectivity index (χ2v) is 3.62. The van der Waals surface area contributed by atoms with E-state index in [9.17, 15) is 8.78 Å². The summed E-state index contributed by atoms with van der Waals surface area (Å²) in [5, 5.41) is 0. The monoisotopic (exact) mass is 193 g/mol. The molecule has 0 spiro atoms. The van der Waals surface area contributed by atoms with Gasteiger partial charge in [-0.15, -0.1) is 0 Å². The minimum Gasteiger partial charge on any atom is -0.330 e. The fraction of sp³-hybridized carbons (Fsp3) is 1.00. The predicted molar refractivity (Wildman–Crippen MR) is 46.5 cm³/mol. The molecule has 1 fully saturated rings. The van der Waals surface area contributed by atoms with Gasteiger partial charge in [0, 0.05) is 0 Å². The van der Waals surface area contributed by atoms with Gasteiger partial charge in [0.05, 0.1) is 6.10 Å². The molecule has 0 aliphatic heterocycles. The molecule has 2 N–H and O–H groups in total. The van der Waals surface area contributed by atoms with Crippen molar-refractivity contribution in [2.45, 2.75) is 44.8 Å². The van der Waals surface area contributed by atoms with Gasteiger partial charge in [-0.05, 0) is 44.6 Å². The number of alkyl halides is 2. The quantitative estimate of drug-likeness (QED) is 0.742. The van der Waals surface area contributed by atoms with E-state index in [1.165, 1.54) is 0 Å². The van der Waals surface area contributed by atoms with Gasteiger partial charge in [-0.25, -0.2) is 0 Å². The van der Waals surface area contributed by atoms with Gasteiger partial charge in [0.2, 0.25) is 0 Å². The number of nitrogens with two attached hydrogens (primary N) is 1. The third kappa shape index (κ3) is 4.00. The third-order valence-electron chi connectivity index (χ3n) is 2.66. The first-order valence-corrected chi connectivity index (χ1v) is 4.86. The summed E-state index contributed by atoms with van der Waals surface area (Å²) in [6, 6.07) is 0. The Balaban J connectivity index is 2.15. The van der Waals surface area contributed by atoms with Crippen molar-refractivity contribution in [3.63, 3.8) is 0 Å². The zero-order chi connectivity index (χ0) is 9.68. The molecule has 2 nitrogen and oxygen atoms in total. The van der Waals surface area contributed by atoms with Gasteiger partial charge in [0.1, 0.15) is 0 Å². The van der Waals surface area contributed by atoms with Crippen molar-refractivity contribution in [1.82, 2.24) is 0 Å². The van der Waals surface area contributed by atoms with E-state index in [2.05, 4.69) is 4.74 Å². The Hall–Kier alpha value is -0.220. The molecule has 0 radical (unpaired) electrons. The summed E-state index contributed by atoms with van der Waals surface area (Å²) in [5.41, 5.74) is 5.42. The molecule has 0 atom stereocenters. The van der Waals surface area contributed by atoms with Crippen LogP contribution in [0.1, 0.15) is 32.1 Å². The fourth-order valence-corrected chi connectivity index (χ4v) is 1.94. The molecule has 0 bridgehead atoms. The average molecular weight is 193 g/mol. The zero-order valence-electron chi connectivity index (χ0n) is 7.72. The Morgan fingerprint density at radius 2 is 1.85 bits per heavy atom. The molecule has 4 heteroatoms. The van der Waals surface area contributed by atoms with Crippen molar-refractivity contribution in [2.24, 2.45) is 11.7 Å². The smallest absolute Gasteiger partial charge is 0.330 e. The maximum Gasteiger partial charge on any atom is 0.345 e. The highest BCUT2D eigenvalue weighted by Crippen LogP contribution is 2.28. The molecule has 13 heavy (non-hydrogen) atoms. The van der Waals surface area contributed by atoms with E-state index in [4.69, 9.17) is 5.73 Å². The van der Waals surface area contributed by atoms with Crippen LogP contribution in [0.5, 0.6) is 0 Å². The fourth-order valence-electron chi connectivity index (χ4n) is 1.94. The Labute approximate surface area is 77.4 Å². The number of rotatable bonds is 4. The number of hydrogen-bond donors (Lipinski definition) is 1. The summed E-state index contributed by atoms with van der Waals surface area (Å²) in [7, 11) is 0. The molecule has 0 amide bonds. The summed E-state index contributed by atoms with van der Waals surface area (Å²) in [6.07, 6.45) is 4.27. The lowest BCUT2D eigenvalue weighted by molar-refractivity contribution is -0.171. The molecule has 0 aromatic heterocycles. The SMILES string of the molecule is NCCC1CCC(OC(F)F)CC1. The molecule has 0 saturated heterocycles. The normalized spacial score (nSPS) is 29.5. The molecule has 1 rings (SSSR count). The van der Waals surface area contributed by atoms with Crippen molar-refractivity contribution in [2.75, 3.05) is 6.54 Å². The van der Waals surface area contributed by atoms with Crippen molar-refractivity contribution < 1.29 is 13.5 Å². The summed E-state index contributed by atoms with van der Waals surface area (Å²) in [5.74, 6) is 0.627. The summed E-state index contributed by atoms with van der Waals surface area (Å²) in [4.78, 5) is 0. The lowest BCUT2D eigenvalue weighted by atomic mass is 9.85. The van der Waals surface area contributed by atoms with Crippen LogP contribution in [-0.4, -0.2) is 19.3 Å². The van der Waals surface area contributed by atoms with Crippen molar-refractivity contribution in [1.29, 1.82) is 0 Å². The van der Waals surface area contributed by atoms with E-state index in [1.54, 1.807) is 0 Å². The summed E-state index contributed by atoms with van der Waals surface area (Å²) < 4.78 is 28.1. The van der Waals surface area contributed by atoms with E-state index in [0.29, 0.717) is 12.5 Å². The molecular weight excluding hydrogens is 176 g/mol. The molecule has 1 saturated carbocycles. The van der Waals surface area contributed by atoms with Gasteiger partial charge in [-0.1, -0.05) is 0 Å². The molecule has 0 heterocycles. The highest BCUT2D eigenvalue weighted by molar-refractivity contribution is 4.72. The minimum atomic E-state index is -2.61. The van der Waals surface area contributed by atoms with Crippen LogP contribution in [0.2, 0.25) is 0 Å². The van der Waals surface area contributed by atoms with E-state index in [1.807, 2.05) is 0 Å². The minimum absolute atomic E-state index is 0.228. The summed E-state index contributed by atoms with van der Waals surface area (Å²) in [6.45, 7) is -1.92. The van der Waals surface area contributed by atoms with E-state index in [0.717, 1.165) is 32.1 Å². The first-order valence-electron chi connectivity index (χ1n) is 4.86. The van der Waals surface area contributed by atoms with Crippen LogP contribution in [0.15, 0.2) is 0 Å². The maximum atomic E-state index is 11.8. The van der Waals surface area contributed by atoms with Gasteiger partial charge in [0.25, 0.3) is 0 Å². The molecule has 0 aromatic carbocycles. The van der Waals surface area contributed by atoms with Gasteiger partial charge in [-0.3, -0.25) is 0 Å². The molecule has 1 aliphatic carbocycles. The molecular formula is C9H17F2NO. The van der Waals surface area contributed by atoms with Gasteiger partial charge in [0.15, 0.2) is 0 Å². The zero-order valence-corrected chi connectivity index (χ0v) is 7.72. The summed E-state index contributed by atoms with van der Waals surface area (Å²) >= 11 is 0. The standard InChI is InChI=1S/C9H17F2NO/c10-9(11)13-8-3-1-7(2-4-8)5-6-12/h7-9H,1-6,12H2. The largest absolute Gasteiger partial charge is 0.345 e. The number of ether oxygens (including phenoxy) is 1. The second kappa shape index (κ2) is 5.50. The van der Waals surface area contributed by atoms with Crippen LogP contribution in [0.4, 0.5) is 8.78 Å². The van der Waals surface area contributed by atoms with E-state index >= 15 is 0 Å². The lowest BCUT2D eigenvalue weighted by Gasteiger charge is -2.27. The Bertz CT molecular complexity index is 136. The van der Waals surface area contributed by atoms with Crippen LogP contribution in [-0.2, 0) is 4.74 Å². The number of halogens is 2. The lowest BCUT2D eigenvalue weighted by Crippen LogP contribution is -2.24. The molecule has 0 aromatic rings. The highest BCUT2D eigenvalue weighted by atomic mass is 19.3. The molecule has 0 unspecified atom stereocenters. The first-order chi connectivity index (χ1) is 6.22. The topological polar surface area (TPSA) is 35.2 Å². The Kier molecular flexibility index (Phi) is 4.59. The van der Waals surface area contributed by atoms with E-state index in [-0.39, 0.29) is 6.10 Å². The van der Waals surface area contributed by atoms with Gasteiger partial charge in [-0.2, -0.15) is 8.78 Å². The van der Waals surface area contributed by atoms with Crippen molar-refractivity contribution >= 4 is 0 Å². The third-order valence-corrected chi connectivity index (χ3v) is 2.66. The first kappa shape index (κ1) is 10.9. The Morgan fingerprint density at radius 1 is 1.23 bits per heavy atom. The average Bonchev–Trinajstić information content (AvgIpc) is 2.08. The van der Waals surface area contributed by atoms with Crippen LogP contribution in [0.3, 0.4) is 0 Å². The van der Waals surface area contributed by atoms with Crippen molar-refractivity contribution in [3.05, 3.63) is 0 Å². The predicted octanol–water partition coefficient (Wildman–Crippen LogP) is 2.13.